The van der Waals surface area contributed by atoms with E-state index in [1.54, 1.807) is 18.2 Å². The Kier molecular flexibility index (Phi) is 7.12. The molecule has 2 aromatic carbocycles. The van der Waals surface area contributed by atoms with Gasteiger partial charge in [-0.2, -0.15) is 0 Å². The summed E-state index contributed by atoms with van der Waals surface area (Å²) in [6.45, 7) is 5.37. The maximum absolute atomic E-state index is 12.4. The summed E-state index contributed by atoms with van der Waals surface area (Å²) < 4.78 is 28.1. The number of imidazole rings is 1. The summed E-state index contributed by atoms with van der Waals surface area (Å²) in [6.07, 6.45) is 0.817. The fourth-order valence-corrected chi connectivity index (χ4v) is 4.48. The molecule has 0 aliphatic heterocycles. The average Bonchev–Trinajstić information content (AvgIpc) is 3.13. The molecule has 0 aliphatic rings. The molecule has 1 heterocycles. The first-order chi connectivity index (χ1) is 14.7. The van der Waals surface area contributed by atoms with Gasteiger partial charge in [-0.3, -0.25) is 4.79 Å². The molecule has 1 amide bonds. The molecule has 0 saturated heterocycles. The van der Waals surface area contributed by atoms with Crippen LogP contribution in [0.25, 0.3) is 11.0 Å². The fourth-order valence-electron chi connectivity index (χ4n) is 3.55. The third kappa shape index (κ3) is 5.14. The fraction of sp³-hybridized carbons (Fsp3) is 0.391. The van der Waals surface area contributed by atoms with E-state index in [0.29, 0.717) is 31.4 Å². The minimum absolute atomic E-state index is 0.0200. The van der Waals surface area contributed by atoms with Gasteiger partial charge in [-0.15, -0.1) is 0 Å². The van der Waals surface area contributed by atoms with Crippen molar-refractivity contribution in [3.05, 3.63) is 59.9 Å². The molecule has 0 unspecified atom stereocenters. The van der Waals surface area contributed by atoms with E-state index in [9.17, 15) is 13.2 Å². The Morgan fingerprint density at radius 1 is 1.16 bits per heavy atom. The van der Waals surface area contributed by atoms with Crippen LogP contribution in [0.4, 0.5) is 0 Å². The standard InChI is InChI=1S/C23H30N4O3S/c1-5-27-21-12-11-19(31(29,30)26(3)4)15-20(21)25-22(27)13-14-23(28)24-16-17(2)18-9-7-6-8-10-18/h6-12,15,17H,5,13-14,16H2,1-4H3,(H,24,28)/t17-/m0/s1. The van der Waals surface area contributed by atoms with Crippen LogP contribution in [-0.2, 0) is 27.8 Å². The number of carbonyl (C=O) groups excluding carboxylic acids is 1. The number of carbonyl (C=O) groups is 1. The van der Waals surface area contributed by atoms with Crippen molar-refractivity contribution in [2.24, 2.45) is 0 Å². The summed E-state index contributed by atoms with van der Waals surface area (Å²) in [5, 5.41) is 3.00. The number of nitrogens with one attached hydrogen (secondary N) is 1. The predicted octanol–water partition coefficient (Wildman–Crippen LogP) is 3.16. The van der Waals surface area contributed by atoms with Gasteiger partial charge in [-0.1, -0.05) is 37.3 Å². The van der Waals surface area contributed by atoms with Crippen LogP contribution in [0.15, 0.2) is 53.4 Å². The topological polar surface area (TPSA) is 84.3 Å². The van der Waals surface area contributed by atoms with Crippen molar-refractivity contribution in [2.45, 2.75) is 44.0 Å². The molecule has 0 bridgehead atoms. The largest absolute Gasteiger partial charge is 0.355 e. The van der Waals surface area contributed by atoms with Crippen molar-refractivity contribution >= 4 is 27.0 Å². The normalized spacial score (nSPS) is 12.9. The molecule has 0 aliphatic carbocycles. The van der Waals surface area contributed by atoms with E-state index < -0.39 is 10.0 Å². The number of aromatic nitrogens is 2. The summed E-state index contributed by atoms with van der Waals surface area (Å²) >= 11 is 0. The van der Waals surface area contributed by atoms with Crippen molar-refractivity contribution in [2.75, 3.05) is 20.6 Å². The molecular weight excluding hydrogens is 412 g/mol. The van der Waals surface area contributed by atoms with Crippen LogP contribution in [-0.4, -0.2) is 48.8 Å². The Balaban J connectivity index is 1.69. The Labute approximate surface area is 184 Å². The van der Waals surface area contributed by atoms with Crippen molar-refractivity contribution < 1.29 is 13.2 Å². The summed E-state index contributed by atoms with van der Waals surface area (Å²) in [4.78, 5) is 17.2. The monoisotopic (exact) mass is 442 g/mol. The minimum Gasteiger partial charge on any atom is -0.355 e. The molecule has 3 rings (SSSR count). The maximum atomic E-state index is 12.4. The second-order valence-corrected chi connectivity index (χ2v) is 9.98. The smallest absolute Gasteiger partial charge is 0.242 e. The summed E-state index contributed by atoms with van der Waals surface area (Å²) in [5.41, 5.74) is 2.69. The number of amides is 1. The molecule has 8 heteroatoms. The van der Waals surface area contributed by atoms with Crippen molar-refractivity contribution in [3.8, 4) is 0 Å². The molecule has 0 saturated carbocycles. The van der Waals surface area contributed by atoms with Crippen LogP contribution in [0.1, 0.15) is 37.6 Å². The second kappa shape index (κ2) is 9.62. The highest BCUT2D eigenvalue weighted by atomic mass is 32.2. The Bertz CT molecular complexity index is 1150. The molecule has 0 radical (unpaired) electrons. The zero-order chi connectivity index (χ0) is 22.6. The highest BCUT2D eigenvalue weighted by Gasteiger charge is 2.19. The zero-order valence-corrected chi connectivity index (χ0v) is 19.3. The lowest BCUT2D eigenvalue weighted by Crippen LogP contribution is -2.28. The van der Waals surface area contributed by atoms with E-state index in [4.69, 9.17) is 0 Å². The number of rotatable bonds is 9. The molecule has 31 heavy (non-hydrogen) atoms. The first-order valence-corrected chi connectivity index (χ1v) is 11.9. The van der Waals surface area contributed by atoms with Gasteiger partial charge < -0.3 is 9.88 Å². The highest BCUT2D eigenvalue weighted by molar-refractivity contribution is 7.89. The SMILES string of the molecule is CCn1c(CCC(=O)NC[C@H](C)c2ccccc2)nc2cc(S(=O)(=O)N(C)C)ccc21. The van der Waals surface area contributed by atoms with Gasteiger partial charge in [0, 0.05) is 40.0 Å². The lowest BCUT2D eigenvalue weighted by Gasteiger charge is -2.13. The molecule has 3 aromatic rings. The van der Waals surface area contributed by atoms with Gasteiger partial charge in [-0.25, -0.2) is 17.7 Å². The third-order valence-electron chi connectivity index (χ3n) is 5.44. The van der Waals surface area contributed by atoms with Crippen molar-refractivity contribution in [1.29, 1.82) is 0 Å². The number of hydrogen-bond donors (Lipinski definition) is 1. The molecular formula is C23H30N4O3S. The van der Waals surface area contributed by atoms with Gasteiger partial charge in [0.2, 0.25) is 15.9 Å². The summed E-state index contributed by atoms with van der Waals surface area (Å²) in [7, 11) is -0.509. The summed E-state index contributed by atoms with van der Waals surface area (Å²) in [5.74, 6) is 0.999. The molecule has 1 aromatic heterocycles. The van der Waals surface area contributed by atoms with Crippen LogP contribution in [0.5, 0.6) is 0 Å². The van der Waals surface area contributed by atoms with Gasteiger partial charge in [0.05, 0.1) is 15.9 Å². The number of fused-ring (bicyclic) bond motifs is 1. The van der Waals surface area contributed by atoms with Gasteiger partial charge in [0.25, 0.3) is 0 Å². The highest BCUT2D eigenvalue weighted by Crippen LogP contribution is 2.23. The average molecular weight is 443 g/mol. The minimum atomic E-state index is -3.52. The molecule has 166 valence electrons. The van der Waals surface area contributed by atoms with Crippen LogP contribution >= 0.6 is 0 Å². The van der Waals surface area contributed by atoms with Crippen molar-refractivity contribution in [3.63, 3.8) is 0 Å². The van der Waals surface area contributed by atoms with E-state index in [-0.39, 0.29) is 16.7 Å². The van der Waals surface area contributed by atoms with Crippen LogP contribution in [0.3, 0.4) is 0 Å². The Morgan fingerprint density at radius 2 is 1.87 bits per heavy atom. The molecule has 1 N–H and O–H groups in total. The van der Waals surface area contributed by atoms with E-state index in [2.05, 4.69) is 29.4 Å². The predicted molar refractivity (Wildman–Crippen MR) is 122 cm³/mol. The number of aryl methyl sites for hydroxylation is 2. The molecule has 1 atom stereocenters. The van der Waals surface area contributed by atoms with E-state index in [1.165, 1.54) is 24.0 Å². The Morgan fingerprint density at radius 3 is 2.52 bits per heavy atom. The summed E-state index contributed by atoms with van der Waals surface area (Å²) in [6, 6.07) is 15.1. The second-order valence-electron chi connectivity index (χ2n) is 7.83. The zero-order valence-electron chi connectivity index (χ0n) is 18.5. The van der Waals surface area contributed by atoms with E-state index >= 15 is 0 Å². The van der Waals surface area contributed by atoms with Gasteiger partial charge in [-0.05, 0) is 36.6 Å². The van der Waals surface area contributed by atoms with Crippen LogP contribution < -0.4 is 5.32 Å². The number of benzene rings is 2. The molecule has 0 spiro atoms. The van der Waals surface area contributed by atoms with Gasteiger partial charge >= 0.3 is 0 Å². The lowest BCUT2D eigenvalue weighted by molar-refractivity contribution is -0.121. The van der Waals surface area contributed by atoms with E-state index in [1.807, 2.05) is 29.7 Å². The quantitative estimate of drug-likeness (QED) is 0.552. The van der Waals surface area contributed by atoms with Crippen LogP contribution in [0.2, 0.25) is 0 Å². The van der Waals surface area contributed by atoms with Crippen LogP contribution in [0, 0.1) is 0 Å². The number of nitrogens with zero attached hydrogens (tertiary/aromatic N) is 3. The Hall–Kier alpha value is -2.71. The van der Waals surface area contributed by atoms with Gasteiger partial charge in [0.15, 0.2) is 0 Å². The third-order valence-corrected chi connectivity index (χ3v) is 7.25. The number of hydrogen-bond acceptors (Lipinski definition) is 4. The molecule has 7 nitrogen and oxygen atoms in total. The van der Waals surface area contributed by atoms with Gasteiger partial charge in [0.1, 0.15) is 5.82 Å². The lowest BCUT2D eigenvalue weighted by atomic mass is 10.0. The first-order valence-electron chi connectivity index (χ1n) is 10.5. The van der Waals surface area contributed by atoms with E-state index in [0.717, 1.165) is 11.3 Å². The van der Waals surface area contributed by atoms with Crippen molar-refractivity contribution in [1.82, 2.24) is 19.2 Å². The molecule has 0 fully saturated rings. The maximum Gasteiger partial charge on any atom is 0.242 e. The number of sulfonamides is 1. The first kappa shape index (κ1) is 23.0.